The molecule has 0 aromatic carbocycles. The van der Waals surface area contributed by atoms with Crippen molar-refractivity contribution in [1.82, 2.24) is 9.88 Å². The van der Waals surface area contributed by atoms with Gasteiger partial charge in [0.05, 0.1) is 17.4 Å². The van der Waals surface area contributed by atoms with Crippen LogP contribution in [-0.2, 0) is 0 Å². The number of aromatic nitrogens is 1. The molecule has 1 atom stereocenters. The highest BCUT2D eigenvalue weighted by atomic mass is 32.2. The van der Waals surface area contributed by atoms with Gasteiger partial charge in [-0.2, -0.15) is 11.8 Å². The summed E-state index contributed by atoms with van der Waals surface area (Å²) in [7, 11) is 1.81. The van der Waals surface area contributed by atoms with Crippen LogP contribution in [-0.4, -0.2) is 46.9 Å². The van der Waals surface area contributed by atoms with E-state index in [9.17, 15) is 4.79 Å². The third kappa shape index (κ3) is 2.54. The van der Waals surface area contributed by atoms with Gasteiger partial charge in [-0.15, -0.1) is 0 Å². The molecule has 1 aliphatic heterocycles. The molecule has 0 aliphatic carbocycles. The number of hydrogen-bond acceptors (Lipinski definition) is 4. The lowest BCUT2D eigenvalue weighted by Gasteiger charge is -2.33. The Morgan fingerprint density at radius 2 is 2.47 bits per heavy atom. The predicted octanol–water partition coefficient (Wildman–Crippen LogP) is 1.70. The molecule has 2 rings (SSSR count). The van der Waals surface area contributed by atoms with Crippen LogP contribution in [0.15, 0.2) is 18.5 Å². The van der Waals surface area contributed by atoms with E-state index in [1.165, 1.54) is 0 Å². The Kier molecular flexibility index (Phi) is 3.89. The molecule has 17 heavy (non-hydrogen) atoms. The molecule has 0 saturated carbocycles. The molecule has 0 spiro atoms. The molecule has 1 aliphatic rings. The van der Waals surface area contributed by atoms with Crippen LogP contribution in [0.1, 0.15) is 17.3 Å². The van der Waals surface area contributed by atoms with Gasteiger partial charge in [0.15, 0.2) is 0 Å². The van der Waals surface area contributed by atoms with Gasteiger partial charge in [-0.25, -0.2) is 0 Å². The van der Waals surface area contributed by atoms with Crippen LogP contribution in [0.4, 0.5) is 5.69 Å². The number of nitrogens with zero attached hydrogens (tertiary/aromatic N) is 2. The fourth-order valence-electron chi connectivity index (χ4n) is 1.96. The van der Waals surface area contributed by atoms with Crippen molar-refractivity contribution in [3.8, 4) is 0 Å². The smallest absolute Gasteiger partial charge is 0.256 e. The van der Waals surface area contributed by atoms with E-state index in [4.69, 9.17) is 0 Å². The van der Waals surface area contributed by atoms with Gasteiger partial charge in [-0.05, 0) is 13.0 Å². The van der Waals surface area contributed by atoms with E-state index in [-0.39, 0.29) is 5.91 Å². The maximum absolute atomic E-state index is 12.4. The SMILES string of the molecule is CNc1cnccc1C(=O)N1CCSCC1C. The van der Waals surface area contributed by atoms with E-state index >= 15 is 0 Å². The molecule has 0 bridgehead atoms. The second-order valence-corrected chi connectivity index (χ2v) is 5.24. The van der Waals surface area contributed by atoms with Gasteiger partial charge in [-0.3, -0.25) is 9.78 Å². The van der Waals surface area contributed by atoms with E-state index < -0.39 is 0 Å². The Bertz CT molecular complexity index is 410. The number of amides is 1. The van der Waals surface area contributed by atoms with Crippen LogP contribution < -0.4 is 5.32 Å². The second kappa shape index (κ2) is 5.40. The zero-order valence-electron chi connectivity index (χ0n) is 10.1. The Balaban J connectivity index is 2.23. The monoisotopic (exact) mass is 251 g/mol. The molecule has 1 saturated heterocycles. The van der Waals surface area contributed by atoms with E-state index in [2.05, 4.69) is 17.2 Å². The third-order valence-corrected chi connectivity index (χ3v) is 4.14. The Morgan fingerprint density at radius 3 is 3.18 bits per heavy atom. The lowest BCUT2D eigenvalue weighted by Crippen LogP contribution is -2.44. The minimum atomic E-state index is 0.101. The molecule has 4 nitrogen and oxygen atoms in total. The fourth-order valence-corrected chi connectivity index (χ4v) is 2.98. The number of carbonyl (C=O) groups is 1. The maximum Gasteiger partial charge on any atom is 0.256 e. The summed E-state index contributed by atoms with van der Waals surface area (Å²) in [5, 5.41) is 3.02. The van der Waals surface area contributed by atoms with Crippen molar-refractivity contribution in [3.63, 3.8) is 0 Å². The minimum absolute atomic E-state index is 0.101. The van der Waals surface area contributed by atoms with Crippen LogP contribution in [0.25, 0.3) is 0 Å². The van der Waals surface area contributed by atoms with Crippen molar-refractivity contribution in [2.45, 2.75) is 13.0 Å². The molecule has 1 amide bonds. The van der Waals surface area contributed by atoms with Gasteiger partial charge in [0, 0.05) is 37.3 Å². The minimum Gasteiger partial charge on any atom is -0.386 e. The molecule has 1 fully saturated rings. The number of carbonyl (C=O) groups excluding carboxylic acids is 1. The highest BCUT2D eigenvalue weighted by molar-refractivity contribution is 7.99. The molecule has 1 unspecified atom stereocenters. The van der Waals surface area contributed by atoms with Gasteiger partial charge in [0.25, 0.3) is 5.91 Å². The van der Waals surface area contributed by atoms with Crippen LogP contribution in [0.3, 0.4) is 0 Å². The summed E-state index contributed by atoms with van der Waals surface area (Å²) >= 11 is 1.91. The summed E-state index contributed by atoms with van der Waals surface area (Å²) in [6, 6.07) is 2.09. The van der Waals surface area contributed by atoms with Crippen molar-refractivity contribution >= 4 is 23.4 Å². The van der Waals surface area contributed by atoms with Crippen molar-refractivity contribution in [1.29, 1.82) is 0 Å². The van der Waals surface area contributed by atoms with Crippen molar-refractivity contribution in [3.05, 3.63) is 24.0 Å². The van der Waals surface area contributed by atoms with Crippen molar-refractivity contribution in [2.24, 2.45) is 0 Å². The molecule has 1 N–H and O–H groups in total. The number of anilines is 1. The highest BCUT2D eigenvalue weighted by Crippen LogP contribution is 2.21. The maximum atomic E-state index is 12.4. The predicted molar refractivity (Wildman–Crippen MR) is 71.6 cm³/mol. The van der Waals surface area contributed by atoms with Crippen molar-refractivity contribution < 1.29 is 4.79 Å². The largest absolute Gasteiger partial charge is 0.386 e. The first kappa shape index (κ1) is 12.2. The van der Waals surface area contributed by atoms with Gasteiger partial charge in [0.2, 0.25) is 0 Å². The Morgan fingerprint density at radius 1 is 1.65 bits per heavy atom. The van der Waals surface area contributed by atoms with Crippen LogP contribution in [0.2, 0.25) is 0 Å². The van der Waals surface area contributed by atoms with Gasteiger partial charge < -0.3 is 10.2 Å². The summed E-state index contributed by atoms with van der Waals surface area (Å²) in [6.07, 6.45) is 3.36. The first-order chi connectivity index (χ1) is 8.24. The Hall–Kier alpha value is -1.23. The highest BCUT2D eigenvalue weighted by Gasteiger charge is 2.25. The summed E-state index contributed by atoms with van der Waals surface area (Å²) in [5.41, 5.74) is 1.50. The normalized spacial score (nSPS) is 20.1. The standard InChI is InChI=1S/C12H17N3OS/c1-9-8-17-6-5-15(9)12(16)10-3-4-14-7-11(10)13-2/h3-4,7,9,13H,5-6,8H2,1-2H3. The quantitative estimate of drug-likeness (QED) is 0.869. The summed E-state index contributed by atoms with van der Waals surface area (Å²) in [6.45, 7) is 2.93. The number of nitrogens with one attached hydrogen (secondary N) is 1. The zero-order chi connectivity index (χ0) is 12.3. The number of pyridine rings is 1. The van der Waals surface area contributed by atoms with Gasteiger partial charge >= 0.3 is 0 Å². The van der Waals surface area contributed by atoms with Gasteiger partial charge in [0.1, 0.15) is 0 Å². The lowest BCUT2D eigenvalue weighted by atomic mass is 10.1. The van der Waals surface area contributed by atoms with E-state index in [0.717, 1.165) is 23.7 Å². The zero-order valence-corrected chi connectivity index (χ0v) is 11.0. The molecule has 92 valence electrons. The van der Waals surface area contributed by atoms with Crippen LogP contribution in [0, 0.1) is 0 Å². The number of thioether (sulfide) groups is 1. The Labute approximate surface area is 106 Å². The first-order valence-corrected chi connectivity index (χ1v) is 6.90. The second-order valence-electron chi connectivity index (χ2n) is 4.09. The summed E-state index contributed by atoms with van der Waals surface area (Å²) < 4.78 is 0. The molecule has 1 aromatic rings. The molecule has 5 heteroatoms. The number of rotatable bonds is 2. The lowest BCUT2D eigenvalue weighted by molar-refractivity contribution is 0.0717. The number of hydrogen-bond donors (Lipinski definition) is 1. The van der Waals surface area contributed by atoms with E-state index in [1.807, 2.05) is 23.7 Å². The first-order valence-electron chi connectivity index (χ1n) is 5.74. The fraction of sp³-hybridized carbons (Fsp3) is 0.500. The average Bonchev–Trinajstić information content (AvgIpc) is 2.38. The molecule has 0 radical (unpaired) electrons. The molecular formula is C12H17N3OS. The molecule has 2 heterocycles. The van der Waals surface area contributed by atoms with E-state index in [0.29, 0.717) is 11.6 Å². The average molecular weight is 251 g/mol. The van der Waals surface area contributed by atoms with Crippen molar-refractivity contribution in [2.75, 3.05) is 30.4 Å². The molecular weight excluding hydrogens is 234 g/mol. The third-order valence-electron chi connectivity index (χ3n) is 2.95. The van der Waals surface area contributed by atoms with Crippen LogP contribution in [0.5, 0.6) is 0 Å². The topological polar surface area (TPSA) is 45.2 Å². The summed E-state index contributed by atoms with van der Waals surface area (Å²) in [4.78, 5) is 18.4. The van der Waals surface area contributed by atoms with Gasteiger partial charge in [-0.1, -0.05) is 0 Å². The van der Waals surface area contributed by atoms with E-state index in [1.54, 1.807) is 18.5 Å². The van der Waals surface area contributed by atoms with Crippen LogP contribution >= 0.6 is 11.8 Å². The summed E-state index contributed by atoms with van der Waals surface area (Å²) in [5.74, 6) is 2.14. The molecule has 1 aromatic heterocycles.